The number of rotatable bonds is 4. The lowest BCUT2D eigenvalue weighted by Crippen LogP contribution is -2.12. The van der Waals surface area contributed by atoms with Crippen LogP contribution in [-0.4, -0.2) is 7.11 Å². The summed E-state index contributed by atoms with van der Waals surface area (Å²) in [4.78, 5) is 0. The predicted molar refractivity (Wildman–Crippen MR) is 65.0 cm³/mol. The number of hydrogen-bond donors (Lipinski definition) is 1. The zero-order valence-electron chi connectivity index (χ0n) is 8.87. The Bertz CT molecular complexity index is 349. The SMILES string of the molecule is COc1cc(Br)ccc1C(N)CC1CC1. The van der Waals surface area contributed by atoms with E-state index in [1.807, 2.05) is 12.1 Å². The summed E-state index contributed by atoms with van der Waals surface area (Å²) in [6, 6.07) is 6.16. The third-order valence-electron chi connectivity index (χ3n) is 2.88. The van der Waals surface area contributed by atoms with Gasteiger partial charge in [0.2, 0.25) is 0 Å². The van der Waals surface area contributed by atoms with E-state index in [0.29, 0.717) is 0 Å². The molecule has 2 rings (SSSR count). The molecule has 1 aromatic rings. The van der Waals surface area contributed by atoms with E-state index in [9.17, 15) is 0 Å². The first kappa shape index (κ1) is 11.0. The van der Waals surface area contributed by atoms with Crippen LogP contribution >= 0.6 is 15.9 Å². The molecule has 2 nitrogen and oxygen atoms in total. The number of nitrogens with two attached hydrogens (primary N) is 1. The zero-order chi connectivity index (χ0) is 10.8. The molecule has 1 fully saturated rings. The predicted octanol–water partition coefficient (Wildman–Crippen LogP) is 3.26. The van der Waals surface area contributed by atoms with Gasteiger partial charge in [0.25, 0.3) is 0 Å². The number of hydrogen-bond acceptors (Lipinski definition) is 2. The first-order valence-electron chi connectivity index (χ1n) is 5.29. The van der Waals surface area contributed by atoms with Crippen LogP contribution in [0, 0.1) is 5.92 Å². The van der Waals surface area contributed by atoms with E-state index >= 15 is 0 Å². The fraction of sp³-hybridized carbons (Fsp3) is 0.500. The molecule has 0 aromatic heterocycles. The Morgan fingerprint density at radius 2 is 2.27 bits per heavy atom. The molecule has 3 heteroatoms. The van der Waals surface area contributed by atoms with Crippen LogP contribution in [0.25, 0.3) is 0 Å². The lowest BCUT2D eigenvalue weighted by Gasteiger charge is -2.15. The maximum absolute atomic E-state index is 6.17. The molecule has 0 saturated heterocycles. The van der Waals surface area contributed by atoms with Gasteiger partial charge in [-0.2, -0.15) is 0 Å². The van der Waals surface area contributed by atoms with E-state index in [-0.39, 0.29) is 6.04 Å². The van der Waals surface area contributed by atoms with Crippen LogP contribution in [0.4, 0.5) is 0 Å². The van der Waals surface area contributed by atoms with Crippen molar-refractivity contribution in [3.63, 3.8) is 0 Å². The molecule has 0 aliphatic heterocycles. The first-order chi connectivity index (χ1) is 7.20. The molecule has 0 radical (unpaired) electrons. The summed E-state index contributed by atoms with van der Waals surface area (Å²) in [6.45, 7) is 0. The van der Waals surface area contributed by atoms with Crippen LogP contribution in [0.3, 0.4) is 0 Å². The topological polar surface area (TPSA) is 35.2 Å². The summed E-state index contributed by atoms with van der Waals surface area (Å²) in [5.74, 6) is 1.73. The molecule has 1 aliphatic rings. The van der Waals surface area contributed by atoms with Gasteiger partial charge in [-0.3, -0.25) is 0 Å². The van der Waals surface area contributed by atoms with Gasteiger partial charge >= 0.3 is 0 Å². The number of methoxy groups -OCH3 is 1. The van der Waals surface area contributed by atoms with Crippen molar-refractivity contribution < 1.29 is 4.74 Å². The van der Waals surface area contributed by atoms with E-state index in [1.165, 1.54) is 12.8 Å². The Morgan fingerprint density at radius 1 is 1.53 bits per heavy atom. The minimum Gasteiger partial charge on any atom is -0.496 e. The van der Waals surface area contributed by atoms with Crippen molar-refractivity contribution in [3.8, 4) is 5.75 Å². The summed E-state index contributed by atoms with van der Waals surface area (Å²) in [5.41, 5.74) is 7.29. The minimum atomic E-state index is 0.112. The maximum Gasteiger partial charge on any atom is 0.124 e. The van der Waals surface area contributed by atoms with Crippen molar-refractivity contribution in [2.75, 3.05) is 7.11 Å². The lowest BCUT2D eigenvalue weighted by molar-refractivity contribution is 0.402. The zero-order valence-corrected chi connectivity index (χ0v) is 10.5. The third-order valence-corrected chi connectivity index (χ3v) is 3.37. The van der Waals surface area contributed by atoms with Gasteiger partial charge in [0.05, 0.1) is 7.11 Å². The first-order valence-corrected chi connectivity index (χ1v) is 6.09. The number of benzene rings is 1. The van der Waals surface area contributed by atoms with Crippen LogP contribution in [0.15, 0.2) is 22.7 Å². The largest absolute Gasteiger partial charge is 0.496 e. The van der Waals surface area contributed by atoms with Gasteiger partial charge in [0, 0.05) is 16.1 Å². The van der Waals surface area contributed by atoms with Gasteiger partial charge in [-0.05, 0) is 24.5 Å². The average molecular weight is 270 g/mol. The summed E-state index contributed by atoms with van der Waals surface area (Å²) < 4.78 is 6.37. The summed E-state index contributed by atoms with van der Waals surface area (Å²) >= 11 is 3.43. The number of ether oxygens (including phenoxy) is 1. The van der Waals surface area contributed by atoms with Crippen molar-refractivity contribution in [1.82, 2.24) is 0 Å². The van der Waals surface area contributed by atoms with Crippen molar-refractivity contribution in [1.29, 1.82) is 0 Å². The van der Waals surface area contributed by atoms with Crippen molar-refractivity contribution >= 4 is 15.9 Å². The summed E-state index contributed by atoms with van der Waals surface area (Å²) in [6.07, 6.45) is 3.76. The van der Waals surface area contributed by atoms with Gasteiger partial charge in [-0.15, -0.1) is 0 Å². The normalized spacial score (nSPS) is 17.5. The highest BCUT2D eigenvalue weighted by molar-refractivity contribution is 9.10. The fourth-order valence-electron chi connectivity index (χ4n) is 1.83. The van der Waals surface area contributed by atoms with Gasteiger partial charge in [-0.1, -0.05) is 34.8 Å². The van der Waals surface area contributed by atoms with E-state index < -0.39 is 0 Å². The third kappa shape index (κ3) is 2.73. The smallest absolute Gasteiger partial charge is 0.124 e. The molecular formula is C12H16BrNO. The van der Waals surface area contributed by atoms with Crippen molar-refractivity contribution in [3.05, 3.63) is 28.2 Å². The maximum atomic E-state index is 6.17. The molecule has 0 spiro atoms. The summed E-state index contributed by atoms with van der Waals surface area (Å²) in [7, 11) is 1.69. The Hall–Kier alpha value is -0.540. The highest BCUT2D eigenvalue weighted by Crippen LogP contribution is 2.39. The van der Waals surface area contributed by atoms with Gasteiger partial charge in [0.15, 0.2) is 0 Å². The van der Waals surface area contributed by atoms with E-state index in [0.717, 1.165) is 28.1 Å². The molecule has 2 N–H and O–H groups in total. The van der Waals surface area contributed by atoms with Gasteiger partial charge in [0.1, 0.15) is 5.75 Å². The lowest BCUT2D eigenvalue weighted by atomic mass is 10.0. The Kier molecular flexibility index (Phi) is 3.32. The van der Waals surface area contributed by atoms with Crippen molar-refractivity contribution in [2.24, 2.45) is 11.7 Å². The highest BCUT2D eigenvalue weighted by atomic mass is 79.9. The molecular weight excluding hydrogens is 254 g/mol. The molecule has 1 unspecified atom stereocenters. The quantitative estimate of drug-likeness (QED) is 0.911. The Labute approximate surface area is 98.9 Å². The standard InChI is InChI=1S/C12H16BrNO/c1-15-12-7-9(13)4-5-10(12)11(14)6-8-2-3-8/h4-5,7-8,11H,2-3,6,14H2,1H3. The average Bonchev–Trinajstić information content (AvgIpc) is 3.01. The molecule has 1 aliphatic carbocycles. The van der Waals surface area contributed by atoms with E-state index in [2.05, 4.69) is 22.0 Å². The molecule has 1 saturated carbocycles. The van der Waals surface area contributed by atoms with Gasteiger partial charge < -0.3 is 10.5 Å². The second-order valence-electron chi connectivity index (χ2n) is 4.17. The highest BCUT2D eigenvalue weighted by Gasteiger charge is 2.25. The Morgan fingerprint density at radius 3 is 2.87 bits per heavy atom. The van der Waals surface area contributed by atoms with Crippen LogP contribution in [0.5, 0.6) is 5.75 Å². The minimum absolute atomic E-state index is 0.112. The molecule has 0 heterocycles. The van der Waals surface area contributed by atoms with Crippen LogP contribution in [-0.2, 0) is 0 Å². The van der Waals surface area contributed by atoms with Crippen LogP contribution in [0.2, 0.25) is 0 Å². The molecule has 0 amide bonds. The second kappa shape index (κ2) is 4.54. The Balaban J connectivity index is 2.17. The molecule has 82 valence electrons. The van der Waals surface area contributed by atoms with Crippen molar-refractivity contribution in [2.45, 2.75) is 25.3 Å². The van der Waals surface area contributed by atoms with E-state index in [4.69, 9.17) is 10.5 Å². The fourth-order valence-corrected chi connectivity index (χ4v) is 2.17. The molecule has 15 heavy (non-hydrogen) atoms. The van der Waals surface area contributed by atoms with Crippen LogP contribution in [0.1, 0.15) is 30.9 Å². The molecule has 1 atom stereocenters. The van der Waals surface area contributed by atoms with E-state index in [1.54, 1.807) is 7.11 Å². The molecule has 1 aromatic carbocycles. The summed E-state index contributed by atoms with van der Waals surface area (Å²) in [5, 5.41) is 0. The monoisotopic (exact) mass is 269 g/mol. The van der Waals surface area contributed by atoms with Gasteiger partial charge in [-0.25, -0.2) is 0 Å². The number of halogens is 1. The van der Waals surface area contributed by atoms with Crippen LogP contribution < -0.4 is 10.5 Å². The second-order valence-corrected chi connectivity index (χ2v) is 5.09. The molecule has 0 bridgehead atoms.